The third-order valence-electron chi connectivity index (χ3n) is 4.93. The number of rotatable bonds is 2. The Morgan fingerprint density at radius 2 is 0.667 bits per heavy atom. The molecule has 0 spiro atoms. The molecule has 1 atom stereocenters. The van der Waals surface area contributed by atoms with Gasteiger partial charge >= 0.3 is 0 Å². The molecule has 0 aromatic carbocycles. The van der Waals surface area contributed by atoms with Crippen molar-refractivity contribution in [2.24, 2.45) is 0 Å². The van der Waals surface area contributed by atoms with Crippen LogP contribution in [0.1, 0.15) is 96.3 Å². The largest absolute Gasteiger partial charge is 0.116 e. The van der Waals surface area contributed by atoms with Gasteiger partial charge in [-0.05, 0) is 37.0 Å². The first kappa shape index (κ1) is 14.8. The molecule has 0 saturated heterocycles. The molecule has 0 aromatic rings. The summed E-state index contributed by atoms with van der Waals surface area (Å²) in [5.41, 5.74) is 2.24. The van der Waals surface area contributed by atoms with E-state index in [2.05, 4.69) is 0 Å². The molecule has 1 unspecified atom stereocenters. The summed E-state index contributed by atoms with van der Waals surface area (Å²) >= 11 is 0. The molecule has 0 aliphatic heterocycles. The first-order valence-electron chi connectivity index (χ1n) is 8.71. The molecule has 1 heteroatoms. The van der Waals surface area contributed by atoms with Gasteiger partial charge in [-0.1, -0.05) is 70.6 Å². The summed E-state index contributed by atoms with van der Waals surface area (Å²) in [5, 5.41) is 0. The highest BCUT2D eigenvalue weighted by atomic mass is 31.1. The van der Waals surface area contributed by atoms with Crippen molar-refractivity contribution in [2.45, 2.75) is 108 Å². The molecule has 0 amide bonds. The van der Waals surface area contributed by atoms with E-state index in [4.69, 9.17) is 0 Å². The van der Waals surface area contributed by atoms with Crippen LogP contribution in [-0.4, -0.2) is 11.3 Å². The van der Waals surface area contributed by atoms with Crippen LogP contribution in [0.25, 0.3) is 0 Å². The highest BCUT2D eigenvalue weighted by molar-refractivity contribution is 7.39. The second kappa shape index (κ2) is 9.35. The summed E-state index contributed by atoms with van der Waals surface area (Å²) in [4.78, 5) is 0. The number of hydrogen-bond donors (Lipinski definition) is 0. The molecule has 2 fully saturated rings. The zero-order chi connectivity index (χ0) is 12.5. The van der Waals surface area contributed by atoms with E-state index in [0.29, 0.717) is 0 Å². The van der Waals surface area contributed by atoms with Crippen LogP contribution in [0.5, 0.6) is 0 Å². The first-order chi connectivity index (χ1) is 8.95. The smallest absolute Gasteiger partial charge is 0.0234 e. The van der Waals surface area contributed by atoms with Gasteiger partial charge in [0.1, 0.15) is 0 Å². The van der Waals surface area contributed by atoms with Crippen LogP contribution in [0.4, 0.5) is 0 Å². The Labute approximate surface area is 116 Å². The summed E-state index contributed by atoms with van der Waals surface area (Å²) in [6, 6.07) is 0. The Morgan fingerprint density at radius 3 is 1.00 bits per heavy atom. The molecule has 18 heavy (non-hydrogen) atoms. The van der Waals surface area contributed by atoms with Gasteiger partial charge in [0, 0.05) is 0 Å². The van der Waals surface area contributed by atoms with E-state index in [1.807, 2.05) is 0 Å². The zero-order valence-electron chi connectivity index (χ0n) is 12.3. The predicted molar refractivity (Wildman–Crippen MR) is 85.1 cm³/mol. The zero-order valence-corrected chi connectivity index (χ0v) is 13.3. The van der Waals surface area contributed by atoms with Crippen LogP contribution in [0.3, 0.4) is 0 Å². The summed E-state index contributed by atoms with van der Waals surface area (Å²) in [7, 11) is 1.31. The molecule has 0 heterocycles. The Kier molecular flexibility index (Phi) is 7.71. The van der Waals surface area contributed by atoms with E-state index >= 15 is 0 Å². The topological polar surface area (TPSA) is 0 Å². The van der Waals surface area contributed by atoms with Crippen molar-refractivity contribution in [3.05, 3.63) is 0 Å². The minimum Gasteiger partial charge on any atom is -0.116 e. The highest BCUT2D eigenvalue weighted by Gasteiger charge is 2.17. The molecule has 0 N–H and O–H groups in total. The van der Waals surface area contributed by atoms with E-state index in [1.165, 1.54) is 79.2 Å². The Balaban J connectivity index is 1.73. The number of hydrogen-bond acceptors (Lipinski definition) is 0. The van der Waals surface area contributed by atoms with Crippen LogP contribution in [0, 0.1) is 0 Å². The van der Waals surface area contributed by atoms with Gasteiger partial charge in [-0.25, -0.2) is 0 Å². The summed E-state index contributed by atoms with van der Waals surface area (Å²) in [6.07, 6.45) is 23.0. The molecule has 0 bridgehead atoms. The molecule has 0 nitrogen and oxygen atoms in total. The molecule has 2 aliphatic carbocycles. The standard InChI is InChI=1S/C17H33P/c1-2-5-9-13-16(12-8-4-1)18-17-14-10-6-3-7-11-15-17/h16-18H,1-15H2. The molecule has 106 valence electrons. The monoisotopic (exact) mass is 268 g/mol. The fourth-order valence-electron chi connectivity index (χ4n) is 3.76. The Hall–Kier alpha value is 0.430. The van der Waals surface area contributed by atoms with Gasteiger partial charge in [-0.15, -0.1) is 8.58 Å². The molecule has 0 aromatic heterocycles. The molecular weight excluding hydrogens is 235 g/mol. The van der Waals surface area contributed by atoms with Crippen molar-refractivity contribution in [1.29, 1.82) is 0 Å². The minimum atomic E-state index is 1.12. The highest BCUT2D eigenvalue weighted by Crippen LogP contribution is 2.39. The SMILES string of the molecule is C1CCCCC(PC2CCCCCCC2)CCC1. The predicted octanol–water partition coefficient (Wildman–Crippen LogP) is 6.28. The van der Waals surface area contributed by atoms with Crippen LogP contribution >= 0.6 is 8.58 Å². The summed E-state index contributed by atoms with van der Waals surface area (Å²) in [5.74, 6) is 0. The van der Waals surface area contributed by atoms with Crippen LogP contribution in [0.2, 0.25) is 0 Å². The third-order valence-corrected chi connectivity index (χ3v) is 7.03. The molecule has 2 aliphatic rings. The first-order valence-corrected chi connectivity index (χ1v) is 9.87. The lowest BCUT2D eigenvalue weighted by Crippen LogP contribution is -2.11. The quantitative estimate of drug-likeness (QED) is 0.517. The average Bonchev–Trinajstić information content (AvgIpc) is 2.46. The fraction of sp³-hybridized carbons (Fsp3) is 1.00. The lowest BCUT2D eigenvalue weighted by atomic mass is 10.0. The van der Waals surface area contributed by atoms with E-state index in [0.717, 1.165) is 11.3 Å². The van der Waals surface area contributed by atoms with Crippen molar-refractivity contribution >= 4 is 8.58 Å². The second-order valence-electron chi connectivity index (χ2n) is 6.60. The van der Waals surface area contributed by atoms with Gasteiger partial charge in [-0.3, -0.25) is 0 Å². The molecule has 2 rings (SSSR count). The molecule has 0 radical (unpaired) electrons. The lowest BCUT2D eigenvalue weighted by Gasteiger charge is -2.25. The van der Waals surface area contributed by atoms with Crippen LogP contribution in [-0.2, 0) is 0 Å². The maximum absolute atomic E-state index is 1.56. The maximum Gasteiger partial charge on any atom is -0.0234 e. The fourth-order valence-corrected chi connectivity index (χ4v) is 5.91. The van der Waals surface area contributed by atoms with Crippen molar-refractivity contribution in [2.75, 3.05) is 0 Å². The van der Waals surface area contributed by atoms with Crippen LogP contribution < -0.4 is 0 Å². The molecular formula is C17H33P. The Bertz CT molecular complexity index is 184. The van der Waals surface area contributed by atoms with E-state index in [9.17, 15) is 0 Å². The van der Waals surface area contributed by atoms with Gasteiger partial charge in [0.05, 0.1) is 0 Å². The van der Waals surface area contributed by atoms with Crippen molar-refractivity contribution in [3.8, 4) is 0 Å². The van der Waals surface area contributed by atoms with Gasteiger partial charge in [0.15, 0.2) is 0 Å². The summed E-state index contributed by atoms with van der Waals surface area (Å²) < 4.78 is 0. The van der Waals surface area contributed by atoms with Crippen molar-refractivity contribution < 1.29 is 0 Å². The maximum atomic E-state index is 1.56. The lowest BCUT2D eigenvalue weighted by molar-refractivity contribution is 0.507. The Morgan fingerprint density at radius 1 is 0.389 bits per heavy atom. The average molecular weight is 268 g/mol. The van der Waals surface area contributed by atoms with Gasteiger partial charge in [0.2, 0.25) is 0 Å². The van der Waals surface area contributed by atoms with Gasteiger partial charge in [-0.2, -0.15) is 0 Å². The van der Waals surface area contributed by atoms with E-state index in [1.54, 1.807) is 25.7 Å². The normalized spacial score (nSPS) is 27.3. The van der Waals surface area contributed by atoms with E-state index < -0.39 is 0 Å². The van der Waals surface area contributed by atoms with Gasteiger partial charge in [0.25, 0.3) is 0 Å². The third kappa shape index (κ3) is 6.05. The molecule has 2 saturated carbocycles. The van der Waals surface area contributed by atoms with Crippen molar-refractivity contribution in [1.82, 2.24) is 0 Å². The summed E-state index contributed by atoms with van der Waals surface area (Å²) in [6.45, 7) is 0. The minimum absolute atomic E-state index is 1.12. The van der Waals surface area contributed by atoms with Crippen molar-refractivity contribution in [3.63, 3.8) is 0 Å². The van der Waals surface area contributed by atoms with Gasteiger partial charge < -0.3 is 0 Å². The second-order valence-corrected chi connectivity index (χ2v) is 8.57. The van der Waals surface area contributed by atoms with E-state index in [-0.39, 0.29) is 0 Å². The van der Waals surface area contributed by atoms with Crippen LogP contribution in [0.15, 0.2) is 0 Å².